The van der Waals surface area contributed by atoms with Crippen molar-refractivity contribution in [3.05, 3.63) is 35.9 Å². The molecular formula is C40H67N5O9. The van der Waals surface area contributed by atoms with Crippen molar-refractivity contribution in [2.45, 2.75) is 116 Å². The van der Waals surface area contributed by atoms with Crippen LogP contribution in [0.4, 0.5) is 0 Å². The van der Waals surface area contributed by atoms with Crippen molar-refractivity contribution in [3.8, 4) is 0 Å². The molecule has 3 N–H and O–H groups in total. The van der Waals surface area contributed by atoms with Crippen molar-refractivity contribution in [3.63, 3.8) is 0 Å². The average Bonchev–Trinajstić information content (AvgIpc) is 3.64. The molecule has 0 aromatic heterocycles. The van der Waals surface area contributed by atoms with Gasteiger partial charge in [-0.3, -0.25) is 24.1 Å². The predicted octanol–water partition coefficient (Wildman–Crippen LogP) is 2.26. The fourth-order valence-electron chi connectivity index (χ4n) is 7.52. The molecule has 0 unspecified atom stereocenters. The van der Waals surface area contributed by atoms with Crippen molar-refractivity contribution >= 4 is 29.6 Å². The van der Waals surface area contributed by atoms with Gasteiger partial charge in [0, 0.05) is 40.8 Å². The summed E-state index contributed by atoms with van der Waals surface area (Å²) >= 11 is 0. The quantitative estimate of drug-likeness (QED) is 0.149. The number of likely N-dealkylation sites (N-methyl/N-ethyl adjacent to an activating group) is 2. The number of nitrogens with one attached hydrogen (secondary N) is 2. The molecule has 306 valence electrons. The van der Waals surface area contributed by atoms with Crippen molar-refractivity contribution < 1.29 is 43.3 Å². The number of rotatable bonds is 22. The Balaban J connectivity index is 2.28. The van der Waals surface area contributed by atoms with E-state index in [0.29, 0.717) is 25.8 Å². The smallest absolute Gasteiger partial charge is 0.328 e. The summed E-state index contributed by atoms with van der Waals surface area (Å²) in [6.07, 6.45) is 1.18. The SMILES string of the molecule is CC[C@H](C)[C@@H]([C@@H](CC(=O)N1CCC[C@H]1[C@H](OC)[C@@H](C)C(=O)N[C@@H](Cc1ccccc1)C(=O)OC)OC)N(C)C(=O)[C@@H](NC(=O)[C@H](CCO)N(C)C)C(C)C. The minimum Gasteiger partial charge on any atom is -0.467 e. The number of esters is 1. The second-order valence-electron chi connectivity index (χ2n) is 15.1. The Bertz CT molecular complexity index is 1350. The Morgan fingerprint density at radius 3 is 2.11 bits per heavy atom. The topological polar surface area (TPSA) is 167 Å². The van der Waals surface area contributed by atoms with Crippen LogP contribution in [-0.4, -0.2) is 147 Å². The van der Waals surface area contributed by atoms with E-state index in [1.165, 1.54) is 21.3 Å². The van der Waals surface area contributed by atoms with Crippen LogP contribution in [0.5, 0.6) is 0 Å². The predicted molar refractivity (Wildman–Crippen MR) is 206 cm³/mol. The van der Waals surface area contributed by atoms with Gasteiger partial charge in [0.2, 0.25) is 23.6 Å². The van der Waals surface area contributed by atoms with Gasteiger partial charge in [-0.05, 0) is 50.8 Å². The highest BCUT2D eigenvalue weighted by Gasteiger charge is 2.43. The Kier molecular flexibility index (Phi) is 19.6. The van der Waals surface area contributed by atoms with E-state index in [0.717, 1.165) is 5.56 Å². The molecule has 1 saturated heterocycles. The Morgan fingerprint density at radius 2 is 1.59 bits per heavy atom. The van der Waals surface area contributed by atoms with E-state index in [1.54, 1.807) is 42.8 Å². The molecular weight excluding hydrogens is 694 g/mol. The number of hydrogen-bond donors (Lipinski definition) is 3. The summed E-state index contributed by atoms with van der Waals surface area (Å²) in [6, 6.07) is 6.10. The van der Waals surface area contributed by atoms with Gasteiger partial charge in [0.25, 0.3) is 0 Å². The Hall–Kier alpha value is -3.59. The maximum atomic E-state index is 14.2. The van der Waals surface area contributed by atoms with Gasteiger partial charge in [0.1, 0.15) is 12.1 Å². The number of methoxy groups -OCH3 is 3. The molecule has 1 fully saturated rings. The molecule has 14 heteroatoms. The van der Waals surface area contributed by atoms with Crippen LogP contribution in [0.3, 0.4) is 0 Å². The first-order valence-corrected chi connectivity index (χ1v) is 19.2. The summed E-state index contributed by atoms with van der Waals surface area (Å²) in [4.78, 5) is 73.0. The zero-order chi connectivity index (χ0) is 40.7. The van der Waals surface area contributed by atoms with Gasteiger partial charge in [0.15, 0.2) is 0 Å². The van der Waals surface area contributed by atoms with Crippen molar-refractivity contribution in [2.24, 2.45) is 17.8 Å². The number of benzene rings is 1. The average molecular weight is 762 g/mol. The summed E-state index contributed by atoms with van der Waals surface area (Å²) in [7, 11) is 9.52. The van der Waals surface area contributed by atoms with Crippen LogP contribution < -0.4 is 10.6 Å². The van der Waals surface area contributed by atoms with E-state index < -0.39 is 54.3 Å². The first-order chi connectivity index (χ1) is 25.6. The van der Waals surface area contributed by atoms with Gasteiger partial charge in [0.05, 0.1) is 49.8 Å². The zero-order valence-corrected chi connectivity index (χ0v) is 34.4. The molecule has 14 nitrogen and oxygen atoms in total. The Labute approximate surface area is 322 Å². The van der Waals surface area contributed by atoms with Gasteiger partial charge in [-0.25, -0.2) is 4.79 Å². The van der Waals surface area contributed by atoms with Crippen LogP contribution in [0.15, 0.2) is 30.3 Å². The number of carbonyl (C=O) groups excluding carboxylic acids is 5. The monoisotopic (exact) mass is 761 g/mol. The summed E-state index contributed by atoms with van der Waals surface area (Å²) in [5.74, 6) is -2.78. The second kappa shape index (κ2) is 22.7. The van der Waals surface area contributed by atoms with Crippen molar-refractivity contribution in [1.82, 2.24) is 25.3 Å². The highest BCUT2D eigenvalue weighted by Crippen LogP contribution is 2.30. The van der Waals surface area contributed by atoms with Gasteiger partial charge >= 0.3 is 5.97 Å². The molecule has 1 aromatic rings. The van der Waals surface area contributed by atoms with Crippen LogP contribution in [0.2, 0.25) is 0 Å². The molecule has 9 atom stereocenters. The highest BCUT2D eigenvalue weighted by molar-refractivity contribution is 5.90. The van der Waals surface area contributed by atoms with Crippen molar-refractivity contribution in [2.75, 3.05) is 55.6 Å². The third-order valence-corrected chi connectivity index (χ3v) is 10.9. The number of nitrogens with zero attached hydrogens (tertiary/aromatic N) is 3. The van der Waals surface area contributed by atoms with Crippen LogP contribution >= 0.6 is 0 Å². The van der Waals surface area contributed by atoms with Gasteiger partial charge in [-0.2, -0.15) is 0 Å². The molecule has 0 spiro atoms. The molecule has 0 radical (unpaired) electrons. The number of aliphatic hydroxyl groups is 1. The molecule has 4 amide bonds. The fourth-order valence-corrected chi connectivity index (χ4v) is 7.52. The van der Waals surface area contributed by atoms with E-state index in [-0.39, 0.29) is 61.3 Å². The van der Waals surface area contributed by atoms with Gasteiger partial charge in [-0.15, -0.1) is 0 Å². The van der Waals surface area contributed by atoms with E-state index in [2.05, 4.69) is 10.6 Å². The molecule has 1 aromatic carbocycles. The third kappa shape index (κ3) is 12.5. The van der Waals surface area contributed by atoms with E-state index in [4.69, 9.17) is 14.2 Å². The van der Waals surface area contributed by atoms with Crippen molar-refractivity contribution in [1.29, 1.82) is 0 Å². The summed E-state index contributed by atoms with van der Waals surface area (Å²) in [5, 5.41) is 15.3. The number of hydrogen-bond acceptors (Lipinski definition) is 10. The molecule has 0 bridgehead atoms. The lowest BCUT2D eigenvalue weighted by Gasteiger charge is -2.41. The summed E-state index contributed by atoms with van der Waals surface area (Å²) in [6.45, 7) is 9.78. The number of carbonyl (C=O) groups is 5. The van der Waals surface area contributed by atoms with E-state index in [1.807, 2.05) is 58.0 Å². The normalized spacial score (nSPS) is 18.9. The largest absolute Gasteiger partial charge is 0.467 e. The van der Waals surface area contributed by atoms with Crippen LogP contribution in [0, 0.1) is 17.8 Å². The maximum Gasteiger partial charge on any atom is 0.328 e. The van der Waals surface area contributed by atoms with Crippen LogP contribution in [0.1, 0.15) is 72.3 Å². The molecule has 2 rings (SSSR count). The minimum absolute atomic E-state index is 0.0178. The first kappa shape index (κ1) is 46.6. The molecule has 0 aliphatic carbocycles. The third-order valence-electron chi connectivity index (χ3n) is 10.9. The number of ether oxygens (including phenoxy) is 3. The lowest BCUT2D eigenvalue weighted by Crippen LogP contribution is -2.59. The number of aliphatic hydroxyl groups excluding tert-OH is 1. The second-order valence-corrected chi connectivity index (χ2v) is 15.1. The van der Waals surface area contributed by atoms with E-state index in [9.17, 15) is 29.1 Å². The van der Waals surface area contributed by atoms with Crippen LogP contribution in [0.25, 0.3) is 0 Å². The molecule has 1 aliphatic rings. The number of amides is 4. The first-order valence-electron chi connectivity index (χ1n) is 19.2. The van der Waals surface area contributed by atoms with Gasteiger partial charge in [-0.1, -0.05) is 71.4 Å². The molecule has 1 aliphatic heterocycles. The van der Waals surface area contributed by atoms with Gasteiger partial charge < -0.3 is 39.8 Å². The Morgan fingerprint density at radius 1 is 0.944 bits per heavy atom. The fraction of sp³-hybridized carbons (Fsp3) is 0.725. The lowest BCUT2D eigenvalue weighted by molar-refractivity contribution is -0.149. The zero-order valence-electron chi connectivity index (χ0n) is 34.4. The van der Waals surface area contributed by atoms with Crippen LogP contribution in [-0.2, 0) is 44.6 Å². The van der Waals surface area contributed by atoms with E-state index >= 15 is 0 Å². The maximum absolute atomic E-state index is 14.2. The standard InChI is InChI=1S/C40H67N5O9/c1-12-26(4)35(44(8)39(50)34(25(2)3)42-38(49)31(20-22-46)43(6)7)32(52-9)24-33(47)45-21-16-19-30(45)36(53-10)27(5)37(48)41-29(40(51)54-11)23-28-17-14-13-15-18-28/h13-15,17-18,25-27,29-32,34-36,46H,12,16,19-24H2,1-11H3,(H,41,48)(H,42,49)/t26-,27+,29-,30-,31-,32+,34-,35-,36+/m0/s1. The molecule has 0 saturated carbocycles. The lowest BCUT2D eigenvalue weighted by atomic mass is 9.89. The highest BCUT2D eigenvalue weighted by atomic mass is 16.5. The number of likely N-dealkylation sites (tertiary alicyclic amines) is 1. The minimum atomic E-state index is -0.899. The molecule has 54 heavy (non-hydrogen) atoms. The summed E-state index contributed by atoms with van der Waals surface area (Å²) in [5.41, 5.74) is 0.868. The molecule has 1 heterocycles. The summed E-state index contributed by atoms with van der Waals surface area (Å²) < 4.78 is 16.9.